The second-order valence-electron chi connectivity index (χ2n) is 7.22. The third kappa shape index (κ3) is 2.94. The number of esters is 1. The van der Waals surface area contributed by atoms with E-state index < -0.39 is 69.5 Å². The van der Waals surface area contributed by atoms with Crippen molar-refractivity contribution < 1.29 is 45.4 Å². The fourth-order valence-electron chi connectivity index (χ4n) is 3.52. The van der Waals surface area contributed by atoms with Crippen LogP contribution >= 0.6 is 0 Å². The van der Waals surface area contributed by atoms with Crippen molar-refractivity contribution in [2.24, 2.45) is 0 Å². The molecule has 1 aliphatic heterocycles. The lowest BCUT2D eigenvalue weighted by Gasteiger charge is -2.37. The highest BCUT2D eigenvalue weighted by Crippen LogP contribution is 2.51. The third-order valence-corrected chi connectivity index (χ3v) is 5.33. The zero-order valence-electron chi connectivity index (χ0n) is 16.0. The summed E-state index contributed by atoms with van der Waals surface area (Å²) in [6, 6.07) is 0.134. The molecule has 0 unspecified atom stereocenters. The highest BCUT2D eigenvalue weighted by Gasteiger charge is 2.59. The number of fused-ring (bicyclic) bond motifs is 1. The summed E-state index contributed by atoms with van der Waals surface area (Å²) < 4.78 is 94.2. The average molecular weight is 445 g/mol. The molecule has 31 heavy (non-hydrogen) atoms. The molecule has 0 bridgehead atoms. The van der Waals surface area contributed by atoms with Gasteiger partial charge in [-0.2, -0.15) is 0 Å². The van der Waals surface area contributed by atoms with E-state index in [2.05, 4.69) is 4.74 Å². The molecule has 0 N–H and O–H groups in total. The van der Waals surface area contributed by atoms with E-state index in [1.54, 1.807) is 0 Å². The summed E-state index contributed by atoms with van der Waals surface area (Å²) in [7, 11) is 1.07. The molecule has 1 fully saturated rings. The van der Waals surface area contributed by atoms with Gasteiger partial charge in [0, 0.05) is 24.5 Å². The van der Waals surface area contributed by atoms with E-state index in [1.807, 2.05) is 0 Å². The van der Waals surface area contributed by atoms with Crippen molar-refractivity contribution in [3.05, 3.63) is 47.0 Å². The van der Waals surface area contributed by atoms with E-state index in [4.69, 9.17) is 4.74 Å². The predicted octanol–water partition coefficient (Wildman–Crippen LogP) is 4.01. The smallest absolute Gasteiger partial charge is 0.328 e. The van der Waals surface area contributed by atoms with Gasteiger partial charge in [0.15, 0.2) is 28.9 Å². The normalized spacial score (nSPS) is 17.3. The Morgan fingerprint density at radius 3 is 2.10 bits per heavy atom. The molecule has 1 heterocycles. The summed E-state index contributed by atoms with van der Waals surface area (Å²) in [5, 5.41) is 0. The molecular weight excluding hydrogens is 432 g/mol. The van der Waals surface area contributed by atoms with Gasteiger partial charge in [-0.3, -0.25) is 9.69 Å². The second-order valence-corrected chi connectivity index (χ2v) is 7.22. The molecule has 2 aliphatic rings. The molecule has 1 amide bonds. The van der Waals surface area contributed by atoms with E-state index in [0.717, 1.165) is 12.0 Å². The average Bonchev–Trinajstić information content (AvgIpc) is 3.52. The molecule has 0 radical (unpaired) electrons. The second kappa shape index (κ2) is 6.89. The van der Waals surface area contributed by atoms with Crippen molar-refractivity contribution in [2.45, 2.75) is 31.4 Å². The fraction of sp³-hybridized carbons (Fsp3) is 0.300. The quantitative estimate of drug-likeness (QED) is 0.310. The Bertz CT molecular complexity index is 1120. The summed E-state index contributed by atoms with van der Waals surface area (Å²) in [6.07, 6.45) is 0.577. The highest BCUT2D eigenvalue weighted by atomic mass is 19.2. The van der Waals surface area contributed by atoms with Crippen molar-refractivity contribution in [1.82, 2.24) is 0 Å². The van der Waals surface area contributed by atoms with E-state index in [9.17, 15) is 35.9 Å². The molecule has 164 valence electrons. The molecular formula is C20H13F6NO4. The number of amides is 1. The molecule has 4 rings (SSSR count). The molecule has 0 aromatic heterocycles. The lowest BCUT2D eigenvalue weighted by molar-refractivity contribution is -0.144. The van der Waals surface area contributed by atoms with Crippen molar-refractivity contribution >= 4 is 17.6 Å². The predicted molar refractivity (Wildman–Crippen MR) is 93.2 cm³/mol. The number of halogens is 6. The number of anilines is 1. The van der Waals surface area contributed by atoms with E-state index in [-0.39, 0.29) is 24.3 Å². The molecule has 11 heteroatoms. The van der Waals surface area contributed by atoms with Crippen LogP contribution in [0.1, 0.15) is 19.8 Å². The standard InChI is InChI=1S/C20H13F6NO4/c1-7(18(28)30-2)27-10-5-8(12-13(22)15(24)17(26)16(25)14(12)23)9(21)6-11(10)31-20(3-4-20)19(27)29/h5-7H,3-4H2,1-2H3/t7-/m0/s1. The summed E-state index contributed by atoms with van der Waals surface area (Å²) >= 11 is 0. The maximum atomic E-state index is 14.8. The van der Waals surface area contributed by atoms with Crippen molar-refractivity contribution in [3.63, 3.8) is 0 Å². The summed E-state index contributed by atoms with van der Waals surface area (Å²) in [4.78, 5) is 25.9. The Morgan fingerprint density at radius 2 is 1.58 bits per heavy atom. The minimum absolute atomic E-state index is 0.224. The minimum atomic E-state index is -2.40. The number of rotatable bonds is 3. The Labute approximate surface area is 171 Å². The van der Waals surface area contributed by atoms with Gasteiger partial charge in [-0.1, -0.05) is 0 Å². The van der Waals surface area contributed by atoms with Crippen LogP contribution in [0, 0.1) is 34.9 Å². The van der Waals surface area contributed by atoms with Crippen LogP contribution in [0.5, 0.6) is 5.75 Å². The molecule has 5 nitrogen and oxygen atoms in total. The van der Waals surface area contributed by atoms with Gasteiger partial charge in [0.25, 0.3) is 5.91 Å². The molecule has 2 aromatic carbocycles. The Morgan fingerprint density at radius 1 is 1.03 bits per heavy atom. The largest absolute Gasteiger partial charge is 0.475 e. The molecule has 1 atom stereocenters. The lowest BCUT2D eigenvalue weighted by atomic mass is 9.99. The van der Waals surface area contributed by atoms with Crippen LogP contribution in [0.25, 0.3) is 11.1 Å². The monoisotopic (exact) mass is 445 g/mol. The Balaban J connectivity index is 1.96. The number of carbonyl (C=O) groups excluding carboxylic acids is 2. The van der Waals surface area contributed by atoms with Gasteiger partial charge in [-0.05, 0) is 13.0 Å². The zero-order valence-corrected chi connectivity index (χ0v) is 16.0. The van der Waals surface area contributed by atoms with Crippen molar-refractivity contribution in [2.75, 3.05) is 12.0 Å². The number of hydrogen-bond donors (Lipinski definition) is 0. The summed E-state index contributed by atoms with van der Waals surface area (Å²) in [5.74, 6) is -14.5. The SMILES string of the molecule is COC(=O)[C@H](C)N1C(=O)C2(CC2)Oc2cc(F)c(-c3c(F)c(F)c(F)c(F)c3F)cc21. The van der Waals surface area contributed by atoms with Gasteiger partial charge in [-0.25, -0.2) is 31.1 Å². The Hall–Kier alpha value is -3.24. The van der Waals surface area contributed by atoms with Gasteiger partial charge >= 0.3 is 5.97 Å². The topological polar surface area (TPSA) is 55.8 Å². The fourth-order valence-corrected chi connectivity index (χ4v) is 3.52. The van der Waals surface area contributed by atoms with Crippen LogP contribution < -0.4 is 9.64 Å². The highest BCUT2D eigenvalue weighted by molar-refractivity contribution is 6.08. The van der Waals surface area contributed by atoms with E-state index in [0.29, 0.717) is 12.1 Å². The van der Waals surface area contributed by atoms with Gasteiger partial charge < -0.3 is 9.47 Å². The third-order valence-electron chi connectivity index (χ3n) is 5.33. The van der Waals surface area contributed by atoms with Crippen molar-refractivity contribution in [3.8, 4) is 16.9 Å². The Kier molecular flexibility index (Phi) is 4.67. The number of ether oxygens (including phenoxy) is 2. The van der Waals surface area contributed by atoms with Crippen LogP contribution in [0.4, 0.5) is 32.0 Å². The van der Waals surface area contributed by atoms with E-state index in [1.165, 1.54) is 6.92 Å². The maximum Gasteiger partial charge on any atom is 0.328 e. The molecule has 1 aliphatic carbocycles. The zero-order chi connectivity index (χ0) is 22.8. The van der Waals surface area contributed by atoms with Gasteiger partial charge in [0.2, 0.25) is 5.82 Å². The van der Waals surface area contributed by atoms with Crippen LogP contribution in [0.2, 0.25) is 0 Å². The van der Waals surface area contributed by atoms with Crippen LogP contribution in [-0.4, -0.2) is 30.6 Å². The maximum absolute atomic E-state index is 14.8. The van der Waals surface area contributed by atoms with Crippen molar-refractivity contribution in [1.29, 1.82) is 0 Å². The number of nitrogens with zero attached hydrogens (tertiary/aromatic N) is 1. The number of benzene rings is 2. The van der Waals surface area contributed by atoms with Gasteiger partial charge in [0.05, 0.1) is 18.4 Å². The minimum Gasteiger partial charge on any atom is -0.475 e. The first-order valence-corrected chi connectivity index (χ1v) is 9.00. The molecule has 0 saturated heterocycles. The van der Waals surface area contributed by atoms with Crippen LogP contribution in [0.3, 0.4) is 0 Å². The van der Waals surface area contributed by atoms with Gasteiger partial charge in [-0.15, -0.1) is 0 Å². The summed E-state index contributed by atoms with van der Waals surface area (Å²) in [5.41, 5.74) is -4.10. The number of methoxy groups -OCH3 is 1. The van der Waals surface area contributed by atoms with Crippen LogP contribution in [-0.2, 0) is 14.3 Å². The first-order chi connectivity index (χ1) is 14.5. The molecule has 2 aromatic rings. The van der Waals surface area contributed by atoms with Gasteiger partial charge in [0.1, 0.15) is 17.6 Å². The first kappa shape index (κ1) is 21.0. The first-order valence-electron chi connectivity index (χ1n) is 9.00. The molecule has 1 spiro atoms. The number of carbonyl (C=O) groups is 2. The number of hydrogen-bond acceptors (Lipinski definition) is 4. The van der Waals surface area contributed by atoms with E-state index >= 15 is 0 Å². The summed E-state index contributed by atoms with van der Waals surface area (Å²) in [6.45, 7) is 1.30. The molecule has 1 saturated carbocycles. The van der Waals surface area contributed by atoms with Crippen LogP contribution in [0.15, 0.2) is 12.1 Å². The lowest BCUT2D eigenvalue weighted by Crippen LogP contribution is -2.54.